The lowest BCUT2D eigenvalue weighted by Gasteiger charge is -2.21. The lowest BCUT2D eigenvalue weighted by molar-refractivity contribution is -0.161. The molecule has 0 spiro atoms. The van der Waals surface area contributed by atoms with E-state index in [-0.39, 0.29) is 19.3 Å². The van der Waals surface area contributed by atoms with Gasteiger partial charge in [-0.1, -0.05) is 282 Å². The zero-order valence-electron chi connectivity index (χ0n) is 61.6. The Hall–Kier alpha value is -4.57. The third kappa shape index (κ3) is 74.4. The maximum absolute atomic E-state index is 12.9. The molecule has 18 heteroatoms. The van der Waals surface area contributed by atoms with Crippen molar-refractivity contribution in [1.29, 1.82) is 0 Å². The Bertz CT molecular complexity index is 2380. The number of allylic oxidation sites excluding steroid dienone is 24. The fourth-order valence-corrected chi connectivity index (χ4v) is 11.4. The average Bonchev–Trinajstić information content (AvgIpc) is 2.96. The van der Waals surface area contributed by atoms with Crippen LogP contribution in [0.15, 0.2) is 146 Å². The van der Waals surface area contributed by atoms with Gasteiger partial charge in [-0.15, -0.1) is 0 Å². The van der Waals surface area contributed by atoms with Gasteiger partial charge in [0.05, 0.1) is 26.4 Å². The number of hydrogen-bond acceptors (Lipinski definition) is 14. The summed E-state index contributed by atoms with van der Waals surface area (Å²) in [6.07, 6.45) is 89.0. The van der Waals surface area contributed by atoms with E-state index in [2.05, 4.69) is 167 Å². The molecule has 0 aliphatic carbocycles. The Morgan fingerprint density at radius 2 is 0.505 bits per heavy atom. The third-order valence-electron chi connectivity index (χ3n) is 15.5. The van der Waals surface area contributed by atoms with Crippen LogP contribution in [0.1, 0.15) is 290 Å². The van der Waals surface area contributed by atoms with Gasteiger partial charge in [-0.05, 0) is 135 Å². The SMILES string of the molecule is CC/C=C\C/C=C\C/C=C\C/C=C\C/C=C\C/C=C\CCCCCCCCCCCCCCC(=O)OCC(O)COP(=O)(O)OCC(O)COP(=O)(O)OCC(COC(=O)CCCCCCCCC/C=C\C/C=C\C/C=C\CC)OC(=O)CCCCCCC/C=C\C/C=C\C/C=C\CC. The maximum atomic E-state index is 12.9. The van der Waals surface area contributed by atoms with Gasteiger partial charge in [-0.25, -0.2) is 9.13 Å². The van der Waals surface area contributed by atoms with E-state index in [1.54, 1.807) is 0 Å². The standard InChI is InChI=1S/C81H136O16P2/c1-4-7-10-13-16-19-22-25-28-30-31-32-33-34-35-36-37-38-39-40-41-42-43-45-48-49-52-55-58-61-64-67-79(84)91-70-76(82)71-93-98(87,88)94-72-77(83)73-95-99(89,90)96-75-78(97-81(86)69-66-63-60-57-54-51-46-27-24-21-18-15-12-9-6-3)74-92-80(85)68-65-62-59-56-53-50-47-44-29-26-23-20-17-14-11-8-5-2/h7-12,16-21,25-29,31-32,34-35,37-38,46,76-78,82-83H,4-6,13-15,22-24,30,33,36,39-45,47-75H2,1-3H3,(H,87,88)(H,89,90)/b10-7-,11-8-,12-9-,19-16-,20-17-,21-18-,28-25-,29-26-,32-31-,35-34-,38-37-,46-27-. The van der Waals surface area contributed by atoms with Crippen LogP contribution in [0.3, 0.4) is 0 Å². The van der Waals surface area contributed by atoms with Crippen LogP contribution >= 0.6 is 15.6 Å². The average molecular weight is 1430 g/mol. The van der Waals surface area contributed by atoms with Gasteiger partial charge in [-0.3, -0.25) is 32.5 Å². The van der Waals surface area contributed by atoms with Crippen LogP contribution in [0.25, 0.3) is 0 Å². The molecule has 566 valence electrons. The number of hydrogen-bond donors (Lipinski definition) is 4. The number of aliphatic hydroxyl groups excluding tert-OH is 2. The topological polar surface area (TPSA) is 231 Å². The molecule has 0 aromatic carbocycles. The summed E-state index contributed by atoms with van der Waals surface area (Å²) in [6, 6.07) is 0. The van der Waals surface area contributed by atoms with E-state index in [0.29, 0.717) is 19.3 Å². The zero-order chi connectivity index (χ0) is 72.3. The maximum Gasteiger partial charge on any atom is 0.472 e. The normalized spacial score (nSPS) is 14.9. The molecule has 0 aliphatic rings. The zero-order valence-corrected chi connectivity index (χ0v) is 63.4. The summed E-state index contributed by atoms with van der Waals surface area (Å²) in [7, 11) is -9.80. The first-order valence-electron chi connectivity index (χ1n) is 38.1. The molecule has 16 nitrogen and oxygen atoms in total. The highest BCUT2D eigenvalue weighted by atomic mass is 31.2. The first-order valence-corrected chi connectivity index (χ1v) is 41.1. The van der Waals surface area contributed by atoms with Gasteiger partial charge in [0.15, 0.2) is 6.10 Å². The first-order chi connectivity index (χ1) is 48.2. The van der Waals surface area contributed by atoms with Crippen LogP contribution in [-0.4, -0.2) is 95.9 Å². The van der Waals surface area contributed by atoms with Gasteiger partial charge < -0.3 is 34.2 Å². The minimum Gasteiger partial charge on any atom is -0.463 e. The van der Waals surface area contributed by atoms with Crippen molar-refractivity contribution in [3.8, 4) is 0 Å². The Balaban J connectivity index is 4.49. The second-order valence-electron chi connectivity index (χ2n) is 25.0. The van der Waals surface area contributed by atoms with Gasteiger partial charge in [0.25, 0.3) is 0 Å². The quantitative estimate of drug-likeness (QED) is 0.0146. The van der Waals surface area contributed by atoms with Crippen LogP contribution in [0.5, 0.6) is 0 Å². The molecule has 0 bridgehead atoms. The summed E-state index contributed by atoms with van der Waals surface area (Å²) in [4.78, 5) is 58.5. The van der Waals surface area contributed by atoms with E-state index in [0.717, 1.165) is 180 Å². The molecule has 0 aliphatic heterocycles. The molecule has 4 N–H and O–H groups in total. The molecule has 0 fully saturated rings. The number of esters is 3. The Morgan fingerprint density at radius 1 is 0.283 bits per heavy atom. The molecule has 99 heavy (non-hydrogen) atoms. The number of unbranched alkanes of at least 4 members (excludes halogenated alkanes) is 24. The number of carbonyl (C=O) groups is 3. The van der Waals surface area contributed by atoms with E-state index in [9.17, 15) is 43.5 Å². The summed E-state index contributed by atoms with van der Waals surface area (Å²) < 4.78 is 61.0. The van der Waals surface area contributed by atoms with Crippen LogP contribution in [0, 0.1) is 0 Å². The molecule has 0 saturated carbocycles. The second kappa shape index (κ2) is 73.2. The Labute approximate surface area is 600 Å². The van der Waals surface area contributed by atoms with E-state index < -0.39 is 91.5 Å². The van der Waals surface area contributed by atoms with Crippen molar-refractivity contribution in [3.05, 3.63) is 146 Å². The summed E-state index contributed by atoms with van der Waals surface area (Å²) in [5.74, 6) is -1.61. The summed E-state index contributed by atoms with van der Waals surface area (Å²) in [5, 5.41) is 20.6. The molecule has 5 atom stereocenters. The predicted molar refractivity (Wildman–Crippen MR) is 408 cm³/mol. The van der Waals surface area contributed by atoms with Crippen LogP contribution < -0.4 is 0 Å². The minimum absolute atomic E-state index is 0.0798. The molecule has 0 heterocycles. The van der Waals surface area contributed by atoms with Crippen molar-refractivity contribution < 1.29 is 75.8 Å². The van der Waals surface area contributed by atoms with Gasteiger partial charge >= 0.3 is 33.6 Å². The number of aliphatic hydroxyl groups is 2. The highest BCUT2D eigenvalue weighted by molar-refractivity contribution is 7.47. The fraction of sp³-hybridized carbons (Fsp3) is 0.667. The summed E-state index contributed by atoms with van der Waals surface area (Å²) >= 11 is 0. The lowest BCUT2D eigenvalue weighted by Crippen LogP contribution is -2.30. The van der Waals surface area contributed by atoms with E-state index >= 15 is 0 Å². The smallest absolute Gasteiger partial charge is 0.463 e. The molecule has 0 saturated heterocycles. The molecular formula is C81H136O16P2. The first kappa shape index (κ1) is 94.4. The van der Waals surface area contributed by atoms with E-state index in [1.165, 1.54) is 51.4 Å². The van der Waals surface area contributed by atoms with Crippen molar-refractivity contribution in [3.63, 3.8) is 0 Å². The summed E-state index contributed by atoms with van der Waals surface area (Å²) in [5.41, 5.74) is 0. The van der Waals surface area contributed by atoms with Gasteiger partial charge in [0, 0.05) is 19.3 Å². The van der Waals surface area contributed by atoms with Crippen LogP contribution in [0.4, 0.5) is 0 Å². The number of phosphoric acid groups is 2. The highest BCUT2D eigenvalue weighted by Crippen LogP contribution is 2.45. The van der Waals surface area contributed by atoms with Crippen molar-refractivity contribution >= 4 is 33.6 Å². The monoisotopic (exact) mass is 1430 g/mol. The third-order valence-corrected chi connectivity index (χ3v) is 17.4. The molecular weight excluding hydrogens is 1290 g/mol. The van der Waals surface area contributed by atoms with Crippen LogP contribution in [-0.2, 0) is 55.8 Å². The Kier molecular flexibility index (Phi) is 69.8. The molecule has 0 rings (SSSR count). The van der Waals surface area contributed by atoms with Gasteiger partial charge in [-0.2, -0.15) is 0 Å². The van der Waals surface area contributed by atoms with Crippen molar-refractivity contribution in [2.45, 2.75) is 309 Å². The predicted octanol–water partition coefficient (Wildman–Crippen LogP) is 22.1. The Morgan fingerprint density at radius 3 is 0.798 bits per heavy atom. The van der Waals surface area contributed by atoms with Crippen molar-refractivity contribution in [1.82, 2.24) is 0 Å². The van der Waals surface area contributed by atoms with Crippen LogP contribution in [0.2, 0.25) is 0 Å². The van der Waals surface area contributed by atoms with Gasteiger partial charge in [0.1, 0.15) is 25.4 Å². The molecule has 5 unspecified atom stereocenters. The largest absolute Gasteiger partial charge is 0.472 e. The lowest BCUT2D eigenvalue weighted by atomic mass is 10.0. The molecule has 0 radical (unpaired) electrons. The van der Waals surface area contributed by atoms with E-state index in [4.69, 9.17) is 32.3 Å². The number of rotatable bonds is 71. The summed E-state index contributed by atoms with van der Waals surface area (Å²) in [6.45, 7) is 2.30. The molecule has 0 aromatic rings. The fourth-order valence-electron chi connectivity index (χ4n) is 9.84. The minimum atomic E-state index is -4.94. The number of phosphoric ester groups is 2. The van der Waals surface area contributed by atoms with Crippen molar-refractivity contribution in [2.24, 2.45) is 0 Å². The van der Waals surface area contributed by atoms with Gasteiger partial charge in [0.2, 0.25) is 0 Å². The molecule has 0 amide bonds. The molecule has 0 aromatic heterocycles. The van der Waals surface area contributed by atoms with Crippen molar-refractivity contribution in [2.75, 3.05) is 39.6 Å². The second-order valence-corrected chi connectivity index (χ2v) is 27.9. The number of ether oxygens (including phenoxy) is 3. The highest BCUT2D eigenvalue weighted by Gasteiger charge is 2.29. The number of carbonyl (C=O) groups excluding carboxylic acids is 3. The van der Waals surface area contributed by atoms with E-state index in [1.807, 2.05) is 0 Å².